The van der Waals surface area contributed by atoms with Gasteiger partial charge in [-0.3, -0.25) is 4.79 Å². The lowest BCUT2D eigenvalue weighted by Crippen LogP contribution is -2.42. The second-order valence-electron chi connectivity index (χ2n) is 6.63. The Morgan fingerprint density at radius 2 is 2.04 bits per heavy atom. The molecule has 2 aromatic heterocycles. The number of hydrogen-bond acceptors (Lipinski definition) is 4. The first-order valence-corrected chi connectivity index (χ1v) is 8.82. The van der Waals surface area contributed by atoms with Crippen molar-refractivity contribution in [1.82, 2.24) is 19.9 Å². The molecule has 0 saturated carbocycles. The summed E-state index contributed by atoms with van der Waals surface area (Å²) in [6, 6.07) is 3.88. The van der Waals surface area contributed by atoms with E-state index in [0.717, 1.165) is 44.1 Å². The van der Waals surface area contributed by atoms with E-state index in [1.165, 1.54) is 19.3 Å². The lowest BCUT2D eigenvalue weighted by molar-refractivity contribution is 0.0927. The first-order valence-electron chi connectivity index (χ1n) is 8.82. The zero-order chi connectivity index (χ0) is 16.4. The first-order chi connectivity index (χ1) is 11.8. The summed E-state index contributed by atoms with van der Waals surface area (Å²) in [7, 11) is 0. The predicted molar refractivity (Wildman–Crippen MR) is 92.1 cm³/mol. The van der Waals surface area contributed by atoms with E-state index in [9.17, 15) is 4.79 Å². The Hall–Kier alpha value is -2.37. The van der Waals surface area contributed by atoms with Crippen LogP contribution in [0.2, 0.25) is 0 Å². The zero-order valence-corrected chi connectivity index (χ0v) is 13.8. The van der Waals surface area contributed by atoms with Crippen molar-refractivity contribution in [3.63, 3.8) is 0 Å². The summed E-state index contributed by atoms with van der Waals surface area (Å²) in [5.41, 5.74) is 0.691. The number of nitrogens with zero attached hydrogens (tertiary/aromatic N) is 4. The molecule has 1 unspecified atom stereocenters. The molecule has 1 saturated heterocycles. The van der Waals surface area contributed by atoms with Crippen LogP contribution in [0.15, 0.2) is 30.7 Å². The summed E-state index contributed by atoms with van der Waals surface area (Å²) in [6.07, 6.45) is 11.0. The zero-order valence-electron chi connectivity index (χ0n) is 13.8. The van der Waals surface area contributed by atoms with Gasteiger partial charge in [-0.1, -0.05) is 0 Å². The Bertz CT molecular complexity index is 720. The summed E-state index contributed by atoms with van der Waals surface area (Å²) in [4.78, 5) is 23.9. The molecule has 4 heterocycles. The summed E-state index contributed by atoms with van der Waals surface area (Å²) >= 11 is 0. The fourth-order valence-electron chi connectivity index (χ4n) is 3.68. The van der Waals surface area contributed by atoms with Crippen molar-refractivity contribution in [2.45, 2.75) is 44.7 Å². The second kappa shape index (κ2) is 6.63. The summed E-state index contributed by atoms with van der Waals surface area (Å²) in [5, 5.41) is 3.19. The minimum Gasteiger partial charge on any atom is -0.356 e. The second-order valence-corrected chi connectivity index (χ2v) is 6.63. The smallest absolute Gasteiger partial charge is 0.255 e. The number of amides is 1. The van der Waals surface area contributed by atoms with Gasteiger partial charge in [0.05, 0.1) is 5.56 Å². The van der Waals surface area contributed by atoms with E-state index in [1.807, 2.05) is 24.5 Å². The Balaban J connectivity index is 1.49. The average molecular weight is 325 g/mol. The highest BCUT2D eigenvalue weighted by atomic mass is 16.1. The van der Waals surface area contributed by atoms with E-state index in [-0.39, 0.29) is 11.9 Å². The van der Waals surface area contributed by atoms with Gasteiger partial charge in [-0.25, -0.2) is 9.97 Å². The number of rotatable bonds is 3. The van der Waals surface area contributed by atoms with E-state index in [1.54, 1.807) is 6.20 Å². The van der Waals surface area contributed by atoms with Crippen molar-refractivity contribution in [3.05, 3.63) is 42.1 Å². The fourth-order valence-corrected chi connectivity index (χ4v) is 3.68. The van der Waals surface area contributed by atoms with Crippen molar-refractivity contribution in [2.24, 2.45) is 0 Å². The van der Waals surface area contributed by atoms with Crippen LogP contribution in [0.4, 0.5) is 5.82 Å². The highest BCUT2D eigenvalue weighted by Gasteiger charge is 2.24. The van der Waals surface area contributed by atoms with Crippen LogP contribution >= 0.6 is 0 Å². The van der Waals surface area contributed by atoms with E-state index in [0.29, 0.717) is 5.56 Å². The van der Waals surface area contributed by atoms with Crippen molar-refractivity contribution in [3.8, 4) is 0 Å². The molecule has 0 spiro atoms. The number of nitrogens with one attached hydrogen (secondary N) is 1. The van der Waals surface area contributed by atoms with Crippen LogP contribution in [-0.4, -0.2) is 39.6 Å². The number of aryl methyl sites for hydroxylation is 1. The van der Waals surface area contributed by atoms with Gasteiger partial charge in [0.2, 0.25) is 0 Å². The molecule has 1 amide bonds. The number of anilines is 1. The normalized spacial score (nSPS) is 20.5. The Morgan fingerprint density at radius 3 is 2.92 bits per heavy atom. The molecule has 1 atom stereocenters. The molecule has 2 aromatic rings. The van der Waals surface area contributed by atoms with Gasteiger partial charge in [-0.05, 0) is 37.8 Å². The van der Waals surface area contributed by atoms with Gasteiger partial charge >= 0.3 is 0 Å². The van der Waals surface area contributed by atoms with Crippen LogP contribution < -0.4 is 10.2 Å². The monoisotopic (exact) mass is 325 g/mol. The third-order valence-corrected chi connectivity index (χ3v) is 4.96. The van der Waals surface area contributed by atoms with Crippen LogP contribution in [0, 0.1) is 0 Å². The number of fused-ring (bicyclic) bond motifs is 1. The molecule has 0 radical (unpaired) electrons. The number of carbonyl (C=O) groups is 1. The topological polar surface area (TPSA) is 63.1 Å². The number of hydrogen-bond donors (Lipinski definition) is 1. The maximum atomic E-state index is 12.8. The SMILES string of the molecule is O=C(NC1CCc2nccn2C1)c1cccnc1N1CCCCC1. The van der Waals surface area contributed by atoms with Crippen LogP contribution in [-0.2, 0) is 13.0 Å². The molecule has 0 aromatic carbocycles. The average Bonchev–Trinajstić information content (AvgIpc) is 3.10. The third kappa shape index (κ3) is 3.00. The maximum absolute atomic E-state index is 12.8. The number of imidazole rings is 1. The minimum atomic E-state index is -0.0164. The van der Waals surface area contributed by atoms with Gasteiger partial charge in [0.25, 0.3) is 5.91 Å². The molecule has 4 rings (SSSR count). The van der Waals surface area contributed by atoms with Gasteiger partial charge in [0.15, 0.2) is 0 Å². The molecule has 6 heteroatoms. The Labute approximate surface area is 141 Å². The van der Waals surface area contributed by atoms with E-state index in [2.05, 4.69) is 24.8 Å². The van der Waals surface area contributed by atoms with Crippen LogP contribution in [0.25, 0.3) is 0 Å². The molecule has 2 aliphatic rings. The number of aromatic nitrogens is 3. The largest absolute Gasteiger partial charge is 0.356 e. The van der Waals surface area contributed by atoms with Gasteiger partial charge in [0, 0.05) is 50.7 Å². The van der Waals surface area contributed by atoms with Crippen LogP contribution in [0.5, 0.6) is 0 Å². The summed E-state index contributed by atoms with van der Waals surface area (Å²) in [5.74, 6) is 1.92. The highest BCUT2D eigenvalue weighted by Crippen LogP contribution is 2.22. The Kier molecular flexibility index (Phi) is 4.19. The predicted octanol–water partition coefficient (Wildman–Crippen LogP) is 2.01. The van der Waals surface area contributed by atoms with Gasteiger partial charge < -0.3 is 14.8 Å². The summed E-state index contributed by atoms with van der Waals surface area (Å²) < 4.78 is 2.13. The molecular weight excluding hydrogens is 302 g/mol. The van der Waals surface area contributed by atoms with Crippen molar-refractivity contribution < 1.29 is 4.79 Å². The summed E-state index contributed by atoms with van der Waals surface area (Å²) in [6.45, 7) is 2.76. The lowest BCUT2D eigenvalue weighted by atomic mass is 10.1. The van der Waals surface area contributed by atoms with Gasteiger partial charge in [-0.2, -0.15) is 0 Å². The molecule has 126 valence electrons. The molecule has 24 heavy (non-hydrogen) atoms. The molecule has 6 nitrogen and oxygen atoms in total. The molecule has 0 aliphatic carbocycles. The van der Waals surface area contributed by atoms with Crippen molar-refractivity contribution >= 4 is 11.7 Å². The quantitative estimate of drug-likeness (QED) is 0.938. The standard InChI is InChI=1S/C18H23N5O/c24-18(21-14-6-7-16-19-9-12-23(16)13-14)15-5-4-8-20-17(15)22-10-2-1-3-11-22/h4-5,8-9,12,14H,1-3,6-7,10-11,13H2,(H,21,24). The van der Waals surface area contributed by atoms with Crippen LogP contribution in [0.1, 0.15) is 41.9 Å². The fraction of sp³-hybridized carbons (Fsp3) is 0.500. The molecular formula is C18H23N5O. The lowest BCUT2D eigenvalue weighted by Gasteiger charge is -2.30. The minimum absolute atomic E-state index is 0.0164. The third-order valence-electron chi connectivity index (χ3n) is 4.96. The molecule has 0 bridgehead atoms. The highest BCUT2D eigenvalue weighted by molar-refractivity contribution is 5.99. The van der Waals surface area contributed by atoms with Gasteiger partial charge in [0.1, 0.15) is 11.6 Å². The first kappa shape index (κ1) is 15.2. The molecule has 1 N–H and O–H groups in total. The Morgan fingerprint density at radius 1 is 1.17 bits per heavy atom. The van der Waals surface area contributed by atoms with E-state index in [4.69, 9.17) is 0 Å². The van der Waals surface area contributed by atoms with Crippen molar-refractivity contribution in [2.75, 3.05) is 18.0 Å². The van der Waals surface area contributed by atoms with E-state index >= 15 is 0 Å². The number of carbonyl (C=O) groups excluding carboxylic acids is 1. The number of piperidine rings is 1. The van der Waals surface area contributed by atoms with E-state index < -0.39 is 0 Å². The molecule has 2 aliphatic heterocycles. The van der Waals surface area contributed by atoms with Gasteiger partial charge in [-0.15, -0.1) is 0 Å². The maximum Gasteiger partial charge on any atom is 0.255 e. The van der Waals surface area contributed by atoms with Crippen molar-refractivity contribution in [1.29, 1.82) is 0 Å². The molecule has 1 fully saturated rings. The number of pyridine rings is 1. The van der Waals surface area contributed by atoms with Crippen LogP contribution in [0.3, 0.4) is 0 Å².